The number of methoxy groups -OCH3 is 1. The third-order valence-corrected chi connectivity index (χ3v) is 5.91. The van der Waals surface area contributed by atoms with Crippen molar-refractivity contribution in [2.45, 2.75) is 31.2 Å². The van der Waals surface area contributed by atoms with Gasteiger partial charge >= 0.3 is 0 Å². The standard InChI is InChI=1S/C20H25N3O6S/c1-13(2)19(20(24)22-14-5-8-18(27-3)21-12-14)23-30(25,26)15-6-7-16-17(11-15)29-10-4-9-28-16/h5-8,11-13,19,23H,4,9-10H2,1-3H3,(H,22,24)/t19-/m1/s1. The molecule has 0 spiro atoms. The minimum Gasteiger partial charge on any atom is -0.490 e. The normalized spacial score (nSPS) is 14.7. The number of hydrogen-bond acceptors (Lipinski definition) is 7. The minimum absolute atomic E-state index is 0.00341. The largest absolute Gasteiger partial charge is 0.490 e. The molecule has 0 radical (unpaired) electrons. The van der Waals surface area contributed by atoms with Crippen molar-refractivity contribution >= 4 is 21.6 Å². The van der Waals surface area contributed by atoms with E-state index in [-0.39, 0.29) is 10.8 Å². The van der Waals surface area contributed by atoms with Crippen LogP contribution in [0.3, 0.4) is 0 Å². The zero-order valence-electron chi connectivity index (χ0n) is 17.0. The second-order valence-corrected chi connectivity index (χ2v) is 8.79. The van der Waals surface area contributed by atoms with Crippen molar-refractivity contribution in [1.29, 1.82) is 0 Å². The van der Waals surface area contributed by atoms with Gasteiger partial charge in [0, 0.05) is 18.6 Å². The molecule has 0 saturated carbocycles. The number of carbonyl (C=O) groups excluding carboxylic acids is 1. The van der Waals surface area contributed by atoms with E-state index >= 15 is 0 Å². The fraction of sp³-hybridized carbons (Fsp3) is 0.400. The number of nitrogens with one attached hydrogen (secondary N) is 2. The van der Waals surface area contributed by atoms with Crippen molar-refractivity contribution in [3.05, 3.63) is 36.5 Å². The van der Waals surface area contributed by atoms with Crippen molar-refractivity contribution in [2.75, 3.05) is 25.6 Å². The number of ether oxygens (including phenoxy) is 3. The van der Waals surface area contributed by atoms with E-state index in [0.29, 0.717) is 42.7 Å². The Balaban J connectivity index is 1.77. The molecule has 1 aromatic heterocycles. The van der Waals surface area contributed by atoms with Gasteiger partial charge in [-0.2, -0.15) is 4.72 Å². The number of fused-ring (bicyclic) bond motifs is 1. The number of sulfonamides is 1. The molecule has 1 atom stereocenters. The summed E-state index contributed by atoms with van der Waals surface area (Å²) in [6.45, 7) is 4.46. The summed E-state index contributed by atoms with van der Waals surface area (Å²) in [4.78, 5) is 16.8. The zero-order valence-corrected chi connectivity index (χ0v) is 17.9. The quantitative estimate of drug-likeness (QED) is 0.685. The monoisotopic (exact) mass is 435 g/mol. The number of nitrogens with zero attached hydrogens (tertiary/aromatic N) is 1. The molecule has 10 heteroatoms. The number of amides is 1. The number of benzene rings is 1. The molecule has 1 amide bonds. The lowest BCUT2D eigenvalue weighted by Crippen LogP contribution is -2.47. The lowest BCUT2D eigenvalue weighted by atomic mass is 10.1. The summed E-state index contributed by atoms with van der Waals surface area (Å²) >= 11 is 0. The Morgan fingerprint density at radius 3 is 2.50 bits per heavy atom. The number of anilines is 1. The van der Waals surface area contributed by atoms with Gasteiger partial charge in [0.25, 0.3) is 0 Å². The smallest absolute Gasteiger partial charge is 0.242 e. The Bertz CT molecular complexity index is 992. The Morgan fingerprint density at radius 2 is 1.87 bits per heavy atom. The van der Waals surface area contributed by atoms with Crippen LogP contribution in [0.15, 0.2) is 41.4 Å². The van der Waals surface area contributed by atoms with Crippen molar-refractivity contribution in [3.63, 3.8) is 0 Å². The predicted octanol–water partition coefficient (Wildman–Crippen LogP) is 2.19. The maximum Gasteiger partial charge on any atom is 0.242 e. The van der Waals surface area contributed by atoms with Crippen molar-refractivity contribution in [1.82, 2.24) is 9.71 Å². The summed E-state index contributed by atoms with van der Waals surface area (Å²) in [6.07, 6.45) is 2.15. The van der Waals surface area contributed by atoms with Gasteiger partial charge in [-0.05, 0) is 24.1 Å². The molecule has 3 rings (SSSR count). The number of hydrogen-bond donors (Lipinski definition) is 2. The molecule has 30 heavy (non-hydrogen) atoms. The van der Waals surface area contributed by atoms with E-state index in [2.05, 4.69) is 15.0 Å². The molecule has 1 aromatic carbocycles. The highest BCUT2D eigenvalue weighted by atomic mass is 32.2. The summed E-state index contributed by atoms with van der Waals surface area (Å²) in [7, 11) is -2.49. The maximum absolute atomic E-state index is 12.9. The van der Waals surface area contributed by atoms with E-state index in [0.717, 1.165) is 0 Å². The van der Waals surface area contributed by atoms with Crippen LogP contribution in [-0.4, -0.2) is 45.7 Å². The Labute approximate surface area is 175 Å². The van der Waals surface area contributed by atoms with Gasteiger partial charge in [0.1, 0.15) is 6.04 Å². The highest BCUT2D eigenvalue weighted by Gasteiger charge is 2.29. The highest BCUT2D eigenvalue weighted by molar-refractivity contribution is 7.89. The van der Waals surface area contributed by atoms with Crippen LogP contribution in [0, 0.1) is 5.92 Å². The molecule has 0 fully saturated rings. The van der Waals surface area contributed by atoms with E-state index in [1.165, 1.54) is 25.4 Å². The summed E-state index contributed by atoms with van der Waals surface area (Å²) < 4.78 is 44.5. The maximum atomic E-state index is 12.9. The first-order valence-corrected chi connectivity index (χ1v) is 11.0. The molecule has 2 aromatic rings. The number of aromatic nitrogens is 1. The second kappa shape index (κ2) is 9.31. The Hall–Kier alpha value is -2.85. The average molecular weight is 436 g/mol. The molecule has 2 heterocycles. The van der Waals surface area contributed by atoms with Crippen LogP contribution in [0.1, 0.15) is 20.3 Å². The molecule has 2 N–H and O–H groups in total. The molecule has 1 aliphatic rings. The van der Waals surface area contributed by atoms with Crippen molar-refractivity contribution < 1.29 is 27.4 Å². The van der Waals surface area contributed by atoms with E-state index < -0.39 is 22.0 Å². The summed E-state index contributed by atoms with van der Waals surface area (Å²) in [6, 6.07) is 6.63. The molecule has 9 nitrogen and oxygen atoms in total. The third kappa shape index (κ3) is 5.19. The topological polar surface area (TPSA) is 116 Å². The molecule has 1 aliphatic heterocycles. The van der Waals surface area contributed by atoms with Gasteiger partial charge in [-0.1, -0.05) is 13.8 Å². The predicted molar refractivity (Wildman–Crippen MR) is 110 cm³/mol. The number of rotatable bonds is 7. The SMILES string of the molecule is COc1ccc(NC(=O)[C@H](NS(=O)(=O)c2ccc3c(c2)OCCCO3)C(C)C)cn1. The van der Waals surface area contributed by atoms with Crippen LogP contribution < -0.4 is 24.2 Å². The lowest BCUT2D eigenvalue weighted by Gasteiger charge is -2.22. The first-order valence-electron chi connectivity index (χ1n) is 9.53. The van der Waals surface area contributed by atoms with Gasteiger partial charge < -0.3 is 19.5 Å². The van der Waals surface area contributed by atoms with Gasteiger partial charge in [-0.15, -0.1) is 0 Å². The fourth-order valence-corrected chi connectivity index (χ4v) is 4.19. The molecular weight excluding hydrogens is 410 g/mol. The van der Waals surface area contributed by atoms with E-state index in [4.69, 9.17) is 14.2 Å². The summed E-state index contributed by atoms with van der Waals surface area (Å²) in [5.74, 6) is 0.478. The van der Waals surface area contributed by atoms with Crippen LogP contribution in [0.5, 0.6) is 17.4 Å². The van der Waals surface area contributed by atoms with Gasteiger partial charge in [0.05, 0.1) is 37.1 Å². The minimum atomic E-state index is -3.98. The number of pyridine rings is 1. The first kappa shape index (κ1) is 21.8. The molecule has 0 aliphatic carbocycles. The third-order valence-electron chi connectivity index (χ3n) is 4.47. The Morgan fingerprint density at radius 1 is 1.13 bits per heavy atom. The molecule has 0 unspecified atom stereocenters. The van der Waals surface area contributed by atoms with Crippen molar-refractivity contribution in [3.8, 4) is 17.4 Å². The molecule has 0 bridgehead atoms. The first-order chi connectivity index (χ1) is 14.3. The fourth-order valence-electron chi connectivity index (χ4n) is 2.83. The van der Waals surface area contributed by atoms with Crippen LogP contribution >= 0.6 is 0 Å². The van der Waals surface area contributed by atoms with Gasteiger partial charge in [0.2, 0.25) is 21.8 Å². The Kier molecular flexibility index (Phi) is 6.78. The van der Waals surface area contributed by atoms with E-state index in [9.17, 15) is 13.2 Å². The zero-order chi connectivity index (χ0) is 21.7. The lowest BCUT2D eigenvalue weighted by molar-refractivity contribution is -0.118. The molecule has 0 saturated heterocycles. The number of carbonyl (C=O) groups is 1. The van der Waals surface area contributed by atoms with Crippen molar-refractivity contribution in [2.24, 2.45) is 5.92 Å². The molecular formula is C20H25N3O6S. The van der Waals surface area contributed by atoms with Gasteiger partial charge in [-0.25, -0.2) is 13.4 Å². The average Bonchev–Trinajstić information content (AvgIpc) is 2.97. The summed E-state index contributed by atoms with van der Waals surface area (Å²) in [5, 5.41) is 2.68. The van der Waals surface area contributed by atoms with Gasteiger partial charge in [0.15, 0.2) is 11.5 Å². The van der Waals surface area contributed by atoms with Crippen LogP contribution in [-0.2, 0) is 14.8 Å². The second-order valence-electron chi connectivity index (χ2n) is 7.08. The van der Waals surface area contributed by atoms with Crippen LogP contribution in [0.2, 0.25) is 0 Å². The van der Waals surface area contributed by atoms with Gasteiger partial charge in [-0.3, -0.25) is 4.79 Å². The van der Waals surface area contributed by atoms with E-state index in [1.54, 1.807) is 32.0 Å². The van der Waals surface area contributed by atoms with Crippen LogP contribution in [0.4, 0.5) is 5.69 Å². The summed E-state index contributed by atoms with van der Waals surface area (Å²) in [5.41, 5.74) is 0.432. The molecule has 162 valence electrons. The van der Waals surface area contributed by atoms with E-state index in [1.807, 2.05) is 0 Å². The van der Waals surface area contributed by atoms with Crippen LogP contribution in [0.25, 0.3) is 0 Å². The highest BCUT2D eigenvalue weighted by Crippen LogP contribution is 2.32.